The van der Waals surface area contributed by atoms with Gasteiger partial charge in [0.05, 0.1) is 10.4 Å². The Kier molecular flexibility index (Phi) is 3.25. The second-order valence-corrected chi connectivity index (χ2v) is 5.30. The Morgan fingerprint density at radius 2 is 2.38 bits per heavy atom. The van der Waals surface area contributed by atoms with Crippen LogP contribution in [0.5, 0.6) is 0 Å². The van der Waals surface area contributed by atoms with Crippen molar-refractivity contribution < 1.29 is 4.79 Å². The summed E-state index contributed by atoms with van der Waals surface area (Å²) in [7, 11) is 0. The molecule has 0 saturated heterocycles. The van der Waals surface area contributed by atoms with Crippen LogP contribution in [-0.4, -0.2) is 17.4 Å². The van der Waals surface area contributed by atoms with Gasteiger partial charge < -0.3 is 11.1 Å². The first-order chi connectivity index (χ1) is 7.65. The van der Waals surface area contributed by atoms with Crippen molar-refractivity contribution in [2.75, 3.05) is 6.54 Å². The molecule has 1 aliphatic carbocycles. The molecule has 0 unspecified atom stereocenters. The third-order valence-corrected chi connectivity index (χ3v) is 4.06. The smallest absolute Gasteiger partial charge is 0.233 e. The third kappa shape index (κ3) is 2.25. The van der Waals surface area contributed by atoms with E-state index in [0.29, 0.717) is 11.5 Å². The molecular formula is C11H14N2OS2. The van der Waals surface area contributed by atoms with Gasteiger partial charge in [-0.15, -0.1) is 0 Å². The first kappa shape index (κ1) is 11.5. The Morgan fingerprint density at radius 1 is 1.62 bits per heavy atom. The van der Waals surface area contributed by atoms with Crippen LogP contribution in [0, 0.1) is 5.41 Å². The van der Waals surface area contributed by atoms with Gasteiger partial charge in [-0.1, -0.05) is 12.2 Å². The molecule has 1 aliphatic rings. The lowest BCUT2D eigenvalue weighted by atomic mass is 10.1. The highest BCUT2D eigenvalue weighted by atomic mass is 32.1. The number of thiophene rings is 1. The van der Waals surface area contributed by atoms with Crippen molar-refractivity contribution in [1.82, 2.24) is 5.32 Å². The van der Waals surface area contributed by atoms with Crippen molar-refractivity contribution in [3.05, 3.63) is 22.4 Å². The topological polar surface area (TPSA) is 55.1 Å². The summed E-state index contributed by atoms with van der Waals surface area (Å²) in [5.74, 6) is -0.00442. The zero-order valence-electron chi connectivity index (χ0n) is 8.86. The van der Waals surface area contributed by atoms with Crippen molar-refractivity contribution >= 4 is 34.5 Å². The molecule has 0 aromatic carbocycles. The fraction of sp³-hybridized carbons (Fsp3) is 0.455. The fourth-order valence-corrected chi connectivity index (χ4v) is 2.63. The highest BCUT2D eigenvalue weighted by Crippen LogP contribution is 2.46. The third-order valence-electron chi connectivity index (χ3n) is 2.94. The van der Waals surface area contributed by atoms with Crippen LogP contribution in [0.3, 0.4) is 0 Å². The van der Waals surface area contributed by atoms with Gasteiger partial charge in [0, 0.05) is 6.54 Å². The van der Waals surface area contributed by atoms with E-state index in [1.807, 2.05) is 5.38 Å². The number of nitrogens with two attached hydrogens (primary N) is 1. The number of nitrogens with one attached hydrogen (secondary N) is 1. The molecule has 1 saturated carbocycles. The molecule has 86 valence electrons. The second-order valence-electron chi connectivity index (χ2n) is 4.08. The van der Waals surface area contributed by atoms with Crippen LogP contribution in [0.4, 0.5) is 0 Å². The standard InChI is InChI=1S/C11H14N2OS2/c12-9(15)11(3-4-11)10(14)13-5-1-8-2-6-16-7-8/h2,6-7H,1,3-5H2,(H2,12,15)(H,13,14). The van der Waals surface area contributed by atoms with Gasteiger partial charge in [0.15, 0.2) is 0 Å². The van der Waals surface area contributed by atoms with Gasteiger partial charge in [-0.2, -0.15) is 11.3 Å². The number of carbonyl (C=O) groups is 1. The van der Waals surface area contributed by atoms with Crippen molar-refractivity contribution in [3.8, 4) is 0 Å². The molecule has 3 nitrogen and oxygen atoms in total. The zero-order valence-corrected chi connectivity index (χ0v) is 10.5. The predicted molar refractivity (Wildman–Crippen MR) is 69.5 cm³/mol. The van der Waals surface area contributed by atoms with E-state index >= 15 is 0 Å². The normalized spacial score (nSPS) is 16.8. The largest absolute Gasteiger partial charge is 0.392 e. The van der Waals surface area contributed by atoms with Gasteiger partial charge in [-0.25, -0.2) is 0 Å². The molecule has 1 amide bonds. The molecule has 0 atom stereocenters. The van der Waals surface area contributed by atoms with Gasteiger partial charge in [0.1, 0.15) is 0 Å². The number of hydrogen-bond donors (Lipinski definition) is 2. The maximum absolute atomic E-state index is 11.8. The maximum Gasteiger partial charge on any atom is 0.233 e. The zero-order chi connectivity index (χ0) is 11.6. The minimum atomic E-state index is -0.524. The van der Waals surface area contributed by atoms with Gasteiger partial charge in [0.2, 0.25) is 5.91 Å². The molecule has 3 N–H and O–H groups in total. The van der Waals surface area contributed by atoms with E-state index in [2.05, 4.69) is 16.8 Å². The number of hydrogen-bond acceptors (Lipinski definition) is 3. The molecule has 1 fully saturated rings. The average molecular weight is 254 g/mol. The number of carbonyl (C=O) groups excluding carboxylic acids is 1. The summed E-state index contributed by atoms with van der Waals surface area (Å²) < 4.78 is 0. The molecule has 0 radical (unpaired) electrons. The van der Waals surface area contributed by atoms with E-state index < -0.39 is 5.41 Å². The lowest BCUT2D eigenvalue weighted by Crippen LogP contribution is -2.40. The molecular weight excluding hydrogens is 240 g/mol. The Bertz CT molecular complexity index is 396. The van der Waals surface area contributed by atoms with Crippen LogP contribution in [0.2, 0.25) is 0 Å². The minimum absolute atomic E-state index is 0.00442. The van der Waals surface area contributed by atoms with Crippen LogP contribution in [0.25, 0.3) is 0 Å². The summed E-state index contributed by atoms with van der Waals surface area (Å²) in [6, 6.07) is 2.07. The quantitative estimate of drug-likeness (QED) is 0.782. The van der Waals surface area contributed by atoms with Gasteiger partial charge in [-0.05, 0) is 41.7 Å². The van der Waals surface area contributed by atoms with Gasteiger partial charge >= 0.3 is 0 Å². The summed E-state index contributed by atoms with van der Waals surface area (Å²) in [5, 5.41) is 7.03. The van der Waals surface area contributed by atoms with Gasteiger partial charge in [-0.3, -0.25) is 4.79 Å². The molecule has 0 spiro atoms. The molecule has 1 aromatic heterocycles. The van der Waals surface area contributed by atoms with E-state index in [0.717, 1.165) is 19.3 Å². The number of rotatable bonds is 5. The van der Waals surface area contributed by atoms with E-state index in [9.17, 15) is 4.79 Å². The highest BCUT2D eigenvalue weighted by Gasteiger charge is 2.52. The summed E-state index contributed by atoms with van der Waals surface area (Å²) in [6.07, 6.45) is 2.46. The Labute approximate surface area is 104 Å². The number of thiocarbonyl (C=S) groups is 1. The SMILES string of the molecule is NC(=S)C1(C(=O)NCCc2ccsc2)CC1. The fourth-order valence-electron chi connectivity index (χ4n) is 1.63. The van der Waals surface area contributed by atoms with Crippen molar-refractivity contribution in [2.45, 2.75) is 19.3 Å². The van der Waals surface area contributed by atoms with Gasteiger partial charge in [0.25, 0.3) is 0 Å². The molecule has 0 aliphatic heterocycles. The van der Waals surface area contributed by atoms with Crippen LogP contribution in [0.1, 0.15) is 18.4 Å². The molecule has 0 bridgehead atoms. The summed E-state index contributed by atoms with van der Waals surface area (Å²) in [5.41, 5.74) is 6.30. The Hall–Kier alpha value is -0.940. The molecule has 1 aromatic rings. The molecule has 16 heavy (non-hydrogen) atoms. The first-order valence-corrected chi connectivity index (χ1v) is 6.59. The van der Waals surface area contributed by atoms with Crippen molar-refractivity contribution in [3.63, 3.8) is 0 Å². The van der Waals surface area contributed by atoms with Crippen LogP contribution in [-0.2, 0) is 11.2 Å². The maximum atomic E-state index is 11.8. The average Bonchev–Trinajstić information content (AvgIpc) is 2.92. The lowest BCUT2D eigenvalue weighted by molar-refractivity contribution is -0.123. The second kappa shape index (κ2) is 4.51. The van der Waals surface area contributed by atoms with E-state index in [4.69, 9.17) is 18.0 Å². The van der Waals surface area contributed by atoms with Crippen LogP contribution < -0.4 is 11.1 Å². The number of amides is 1. The summed E-state index contributed by atoms with van der Waals surface area (Å²) in [4.78, 5) is 12.2. The molecule has 1 heterocycles. The summed E-state index contributed by atoms with van der Waals surface area (Å²) >= 11 is 6.59. The first-order valence-electron chi connectivity index (χ1n) is 5.24. The molecule has 2 rings (SSSR count). The van der Waals surface area contributed by atoms with Crippen molar-refractivity contribution in [1.29, 1.82) is 0 Å². The lowest BCUT2D eigenvalue weighted by Gasteiger charge is -2.13. The Balaban J connectivity index is 1.79. The van der Waals surface area contributed by atoms with E-state index in [1.165, 1.54) is 5.56 Å². The van der Waals surface area contributed by atoms with Crippen molar-refractivity contribution in [2.24, 2.45) is 11.1 Å². The van der Waals surface area contributed by atoms with E-state index in [1.54, 1.807) is 11.3 Å². The highest BCUT2D eigenvalue weighted by molar-refractivity contribution is 7.80. The monoisotopic (exact) mass is 254 g/mol. The predicted octanol–water partition coefficient (Wildman–Crippen LogP) is 1.47. The summed E-state index contributed by atoms with van der Waals surface area (Å²) in [6.45, 7) is 0.653. The minimum Gasteiger partial charge on any atom is -0.392 e. The molecule has 5 heteroatoms. The van der Waals surface area contributed by atoms with Crippen LogP contribution >= 0.6 is 23.6 Å². The Morgan fingerprint density at radius 3 is 2.88 bits per heavy atom. The van der Waals surface area contributed by atoms with Crippen LogP contribution in [0.15, 0.2) is 16.8 Å². The van der Waals surface area contributed by atoms with E-state index in [-0.39, 0.29) is 5.91 Å².